The molecule has 1 saturated carbocycles. The first-order chi connectivity index (χ1) is 18.9. The van der Waals surface area contributed by atoms with E-state index >= 15 is 0 Å². The minimum Gasteiger partial charge on any atom is -0.508 e. The Morgan fingerprint density at radius 2 is 1.69 bits per heavy atom. The Balaban J connectivity index is 1.51. The number of aromatic hydroxyl groups is 1. The maximum Gasteiger partial charge on any atom is 0.251 e. The average Bonchev–Trinajstić information content (AvgIpc) is 3.61. The van der Waals surface area contributed by atoms with Crippen molar-refractivity contribution < 1.29 is 14.7 Å². The molecule has 9 nitrogen and oxygen atoms in total. The summed E-state index contributed by atoms with van der Waals surface area (Å²) in [6.45, 7) is 3.69. The van der Waals surface area contributed by atoms with Crippen LogP contribution in [-0.2, 0) is 16.1 Å². The first kappa shape index (κ1) is 26.1. The van der Waals surface area contributed by atoms with Gasteiger partial charge in [0.25, 0.3) is 5.91 Å². The van der Waals surface area contributed by atoms with E-state index in [1.807, 2.05) is 62.4 Å². The van der Waals surface area contributed by atoms with Gasteiger partial charge in [-0.05, 0) is 61.2 Å². The van der Waals surface area contributed by atoms with E-state index in [4.69, 9.17) is 0 Å². The number of anilines is 1. The molecule has 0 radical (unpaired) electrons. The van der Waals surface area contributed by atoms with Crippen LogP contribution in [0.3, 0.4) is 0 Å². The van der Waals surface area contributed by atoms with Gasteiger partial charge in [0.15, 0.2) is 0 Å². The lowest BCUT2D eigenvalue weighted by molar-refractivity contribution is -0.127. The molecule has 1 aliphatic carbocycles. The Labute approximate surface area is 227 Å². The minimum atomic E-state index is -0.958. The second kappa shape index (κ2) is 11.5. The smallest absolute Gasteiger partial charge is 0.251 e. The number of carbonyl (C=O) groups is 2. The van der Waals surface area contributed by atoms with Crippen LogP contribution in [0.15, 0.2) is 72.8 Å². The molecule has 2 amide bonds. The molecule has 39 heavy (non-hydrogen) atoms. The Morgan fingerprint density at radius 3 is 2.38 bits per heavy atom. The second-order valence-electron chi connectivity index (χ2n) is 10.0. The van der Waals surface area contributed by atoms with Gasteiger partial charge < -0.3 is 10.4 Å². The summed E-state index contributed by atoms with van der Waals surface area (Å²) in [7, 11) is 0. The van der Waals surface area contributed by atoms with Crippen LogP contribution < -0.4 is 10.2 Å². The van der Waals surface area contributed by atoms with E-state index in [1.54, 1.807) is 12.1 Å². The van der Waals surface area contributed by atoms with Crippen molar-refractivity contribution in [3.8, 4) is 17.1 Å². The maximum atomic E-state index is 14.0. The molecule has 0 spiro atoms. The standard InChI is InChI=1S/C30H32N6O3/c1-20-11-13-23(14-12-20)29-32-34-35(33-29)19-27(38)36(26-10-6-3-7-21(26)2)28(22-15-17-25(37)18-16-22)30(39)31-24-8-4-5-9-24/h3,6-7,10-18,24,28,37H,4-5,8-9,19H2,1-2H3,(H,31,39)/t28-/m0/s1. The third-order valence-electron chi connectivity index (χ3n) is 7.10. The third kappa shape index (κ3) is 5.98. The van der Waals surface area contributed by atoms with Crippen LogP contribution in [0, 0.1) is 13.8 Å². The fourth-order valence-corrected chi connectivity index (χ4v) is 5.00. The molecule has 0 bridgehead atoms. The molecule has 200 valence electrons. The lowest BCUT2D eigenvalue weighted by Gasteiger charge is -2.33. The van der Waals surface area contributed by atoms with Crippen molar-refractivity contribution in [2.45, 2.75) is 58.2 Å². The van der Waals surface area contributed by atoms with E-state index in [9.17, 15) is 14.7 Å². The number of tetrazole rings is 1. The molecule has 1 fully saturated rings. The highest BCUT2D eigenvalue weighted by Crippen LogP contribution is 2.32. The highest BCUT2D eigenvalue weighted by Gasteiger charge is 2.35. The third-order valence-corrected chi connectivity index (χ3v) is 7.10. The Hall–Kier alpha value is -4.53. The molecular weight excluding hydrogens is 492 g/mol. The summed E-state index contributed by atoms with van der Waals surface area (Å²) in [4.78, 5) is 30.7. The lowest BCUT2D eigenvalue weighted by Crippen LogP contribution is -2.47. The van der Waals surface area contributed by atoms with Gasteiger partial charge in [0.1, 0.15) is 18.3 Å². The molecule has 1 aromatic heterocycles. The topological polar surface area (TPSA) is 113 Å². The van der Waals surface area contributed by atoms with Crippen LogP contribution in [-0.4, -0.2) is 43.2 Å². The van der Waals surface area contributed by atoms with Gasteiger partial charge >= 0.3 is 0 Å². The van der Waals surface area contributed by atoms with Gasteiger partial charge in [0.2, 0.25) is 11.7 Å². The fraction of sp³-hybridized carbons (Fsp3) is 0.300. The number of hydrogen-bond donors (Lipinski definition) is 2. The van der Waals surface area contributed by atoms with Gasteiger partial charge in [-0.1, -0.05) is 73.0 Å². The number of benzene rings is 3. The fourth-order valence-electron chi connectivity index (χ4n) is 5.00. The maximum absolute atomic E-state index is 14.0. The van der Waals surface area contributed by atoms with Crippen molar-refractivity contribution in [1.29, 1.82) is 0 Å². The van der Waals surface area contributed by atoms with E-state index < -0.39 is 6.04 Å². The van der Waals surface area contributed by atoms with Crippen LogP contribution >= 0.6 is 0 Å². The quantitative estimate of drug-likeness (QED) is 0.351. The summed E-state index contributed by atoms with van der Waals surface area (Å²) in [5, 5.41) is 25.8. The number of phenols is 1. The zero-order valence-electron chi connectivity index (χ0n) is 22.1. The number of rotatable bonds is 8. The minimum absolute atomic E-state index is 0.0694. The first-order valence-electron chi connectivity index (χ1n) is 13.2. The van der Waals surface area contributed by atoms with Crippen LogP contribution in [0.1, 0.15) is 48.4 Å². The van der Waals surface area contributed by atoms with Gasteiger partial charge in [-0.15, -0.1) is 10.2 Å². The Kier molecular flexibility index (Phi) is 7.67. The van der Waals surface area contributed by atoms with E-state index in [2.05, 4.69) is 20.7 Å². The largest absolute Gasteiger partial charge is 0.508 e. The predicted molar refractivity (Wildman–Crippen MR) is 148 cm³/mol. The van der Waals surface area contributed by atoms with E-state index in [1.165, 1.54) is 21.8 Å². The van der Waals surface area contributed by atoms with E-state index in [-0.39, 0.29) is 30.2 Å². The Morgan fingerprint density at radius 1 is 1.00 bits per heavy atom. The molecule has 0 aliphatic heterocycles. The molecule has 5 rings (SSSR count). The molecular formula is C30H32N6O3. The van der Waals surface area contributed by atoms with Gasteiger partial charge in [-0.3, -0.25) is 14.5 Å². The van der Waals surface area contributed by atoms with Crippen molar-refractivity contribution in [3.05, 3.63) is 89.5 Å². The molecule has 3 aromatic carbocycles. The summed E-state index contributed by atoms with van der Waals surface area (Å²) >= 11 is 0. The SMILES string of the molecule is Cc1ccc(-c2nnn(CC(=O)N(c3ccccc3C)[C@H](C(=O)NC3CCCC3)c3ccc(O)cc3)n2)cc1. The zero-order valence-corrected chi connectivity index (χ0v) is 22.1. The number of aryl methyl sites for hydroxylation is 2. The van der Waals surface area contributed by atoms with Crippen molar-refractivity contribution in [1.82, 2.24) is 25.5 Å². The molecule has 2 N–H and O–H groups in total. The van der Waals surface area contributed by atoms with Gasteiger partial charge in [-0.2, -0.15) is 4.80 Å². The number of carbonyl (C=O) groups excluding carboxylic acids is 2. The second-order valence-corrected chi connectivity index (χ2v) is 10.0. The summed E-state index contributed by atoms with van der Waals surface area (Å²) in [5.41, 5.74) is 3.96. The van der Waals surface area contributed by atoms with Gasteiger partial charge in [0.05, 0.1) is 0 Å². The zero-order chi connectivity index (χ0) is 27.4. The molecule has 1 aliphatic rings. The number of amides is 2. The monoisotopic (exact) mass is 524 g/mol. The van der Waals surface area contributed by atoms with E-state index in [0.29, 0.717) is 17.1 Å². The van der Waals surface area contributed by atoms with Crippen molar-refractivity contribution >= 4 is 17.5 Å². The van der Waals surface area contributed by atoms with Crippen LogP contribution in [0.5, 0.6) is 5.75 Å². The number of aromatic nitrogens is 4. The molecule has 4 aromatic rings. The lowest BCUT2D eigenvalue weighted by atomic mass is 10.0. The van der Waals surface area contributed by atoms with Crippen molar-refractivity contribution in [2.24, 2.45) is 0 Å². The van der Waals surface area contributed by atoms with Crippen LogP contribution in [0.4, 0.5) is 5.69 Å². The van der Waals surface area contributed by atoms with E-state index in [0.717, 1.165) is 42.4 Å². The Bertz CT molecular complexity index is 1440. The van der Waals surface area contributed by atoms with Crippen molar-refractivity contribution in [3.63, 3.8) is 0 Å². The normalized spacial score (nSPS) is 14.2. The molecule has 1 atom stereocenters. The predicted octanol–water partition coefficient (Wildman–Crippen LogP) is 4.50. The number of para-hydroxylation sites is 1. The van der Waals surface area contributed by atoms with Crippen molar-refractivity contribution in [2.75, 3.05) is 4.90 Å². The summed E-state index contributed by atoms with van der Waals surface area (Å²) in [5.74, 6) is -0.134. The highest BCUT2D eigenvalue weighted by molar-refractivity contribution is 6.01. The number of nitrogens with zero attached hydrogens (tertiary/aromatic N) is 5. The number of hydrogen-bond acceptors (Lipinski definition) is 6. The average molecular weight is 525 g/mol. The number of nitrogens with one attached hydrogen (secondary N) is 1. The number of phenolic OH excluding ortho intramolecular Hbond substituents is 1. The van der Waals surface area contributed by atoms with Gasteiger partial charge in [0, 0.05) is 17.3 Å². The summed E-state index contributed by atoms with van der Waals surface area (Å²) in [6, 6.07) is 20.7. The summed E-state index contributed by atoms with van der Waals surface area (Å²) < 4.78 is 0. The highest BCUT2D eigenvalue weighted by atomic mass is 16.3. The molecule has 0 saturated heterocycles. The molecule has 0 unspecified atom stereocenters. The van der Waals surface area contributed by atoms with Gasteiger partial charge in [-0.25, -0.2) is 0 Å². The molecule has 9 heteroatoms. The van der Waals surface area contributed by atoms with Crippen LogP contribution in [0.25, 0.3) is 11.4 Å². The molecule has 1 heterocycles. The first-order valence-corrected chi connectivity index (χ1v) is 13.2. The van der Waals surface area contributed by atoms with Crippen LogP contribution in [0.2, 0.25) is 0 Å². The summed E-state index contributed by atoms with van der Waals surface area (Å²) in [6.07, 6.45) is 3.96.